The van der Waals surface area contributed by atoms with E-state index in [2.05, 4.69) is 10.0 Å². The van der Waals surface area contributed by atoms with Crippen LogP contribution >= 0.6 is 0 Å². The number of amides is 1. The third-order valence-electron chi connectivity index (χ3n) is 4.81. The fourth-order valence-corrected chi connectivity index (χ4v) is 4.21. The van der Waals surface area contributed by atoms with Crippen molar-refractivity contribution in [2.24, 2.45) is 0 Å². The molecule has 3 rings (SSSR count). The lowest BCUT2D eigenvalue weighted by Gasteiger charge is -2.17. The highest BCUT2D eigenvalue weighted by atomic mass is 32.2. The number of nitrogens with one attached hydrogen (secondary N) is 2. The van der Waals surface area contributed by atoms with Gasteiger partial charge in [0.1, 0.15) is 6.54 Å². The maximum absolute atomic E-state index is 12.5. The molecule has 0 aromatic heterocycles. The number of sulfonamides is 1. The van der Waals surface area contributed by atoms with E-state index in [0.29, 0.717) is 31.1 Å². The molecule has 1 saturated carbocycles. The van der Waals surface area contributed by atoms with Crippen molar-refractivity contribution in [1.82, 2.24) is 10.0 Å². The average Bonchev–Trinajstić information content (AvgIpc) is 3.08. The summed E-state index contributed by atoms with van der Waals surface area (Å²) in [6, 6.07) is 4.36. The van der Waals surface area contributed by atoms with Crippen molar-refractivity contribution in [3.8, 4) is 11.5 Å². The van der Waals surface area contributed by atoms with Gasteiger partial charge in [0.05, 0.1) is 18.1 Å². The van der Waals surface area contributed by atoms with E-state index in [-0.39, 0.29) is 16.8 Å². The summed E-state index contributed by atoms with van der Waals surface area (Å²) >= 11 is 0. The number of carbonyl (C=O) groups excluding carboxylic acids is 2. The number of esters is 1. The molecule has 29 heavy (non-hydrogen) atoms. The molecule has 0 bridgehead atoms. The standard InChI is InChI=1S/C19H26N2O7S/c1-13(19(23)21-14-5-2-3-6-14)28-18(22)12-20-29(24,25)15-7-8-16-17(11-15)27-10-4-9-26-16/h7-8,11,13-14,20H,2-6,9-10,12H2,1H3,(H,21,23)/t13-/m1/s1. The monoisotopic (exact) mass is 426 g/mol. The number of hydrogen-bond donors (Lipinski definition) is 2. The van der Waals surface area contributed by atoms with Gasteiger partial charge in [0, 0.05) is 18.5 Å². The summed E-state index contributed by atoms with van der Waals surface area (Å²) in [5.41, 5.74) is 0. The van der Waals surface area contributed by atoms with E-state index in [4.69, 9.17) is 14.2 Å². The van der Waals surface area contributed by atoms with Gasteiger partial charge in [-0.1, -0.05) is 12.8 Å². The lowest BCUT2D eigenvalue weighted by Crippen LogP contribution is -2.42. The molecule has 1 aliphatic carbocycles. The van der Waals surface area contributed by atoms with Crippen molar-refractivity contribution in [3.63, 3.8) is 0 Å². The van der Waals surface area contributed by atoms with Crippen LogP contribution in [0.3, 0.4) is 0 Å². The van der Waals surface area contributed by atoms with E-state index in [1.807, 2.05) is 0 Å². The Kier molecular flexibility index (Phi) is 6.96. The molecule has 2 N–H and O–H groups in total. The Morgan fingerprint density at radius 2 is 1.83 bits per heavy atom. The Bertz CT molecular complexity index is 850. The van der Waals surface area contributed by atoms with Gasteiger partial charge in [0.25, 0.3) is 5.91 Å². The van der Waals surface area contributed by atoms with Crippen molar-refractivity contribution < 1.29 is 32.2 Å². The molecule has 1 aromatic rings. The van der Waals surface area contributed by atoms with Crippen molar-refractivity contribution in [2.45, 2.75) is 56.1 Å². The molecule has 2 aliphatic rings. The minimum atomic E-state index is -3.96. The predicted molar refractivity (Wildman–Crippen MR) is 103 cm³/mol. The molecule has 9 nitrogen and oxygen atoms in total. The number of ether oxygens (including phenoxy) is 3. The Morgan fingerprint density at radius 3 is 2.55 bits per heavy atom. The molecule has 1 atom stereocenters. The van der Waals surface area contributed by atoms with E-state index in [9.17, 15) is 18.0 Å². The molecule has 1 aliphatic heterocycles. The van der Waals surface area contributed by atoms with Gasteiger partial charge in [-0.05, 0) is 31.9 Å². The van der Waals surface area contributed by atoms with Crippen LogP contribution < -0.4 is 19.5 Å². The number of fused-ring (bicyclic) bond motifs is 1. The smallest absolute Gasteiger partial charge is 0.321 e. The molecule has 1 fully saturated rings. The highest BCUT2D eigenvalue weighted by molar-refractivity contribution is 7.89. The summed E-state index contributed by atoms with van der Waals surface area (Å²) in [7, 11) is -3.96. The Hall–Kier alpha value is -2.33. The first-order valence-corrected chi connectivity index (χ1v) is 11.2. The molecule has 10 heteroatoms. The van der Waals surface area contributed by atoms with Gasteiger partial charge >= 0.3 is 5.97 Å². The van der Waals surface area contributed by atoms with Crippen LogP contribution in [-0.2, 0) is 24.3 Å². The van der Waals surface area contributed by atoms with Crippen LogP contribution in [0.5, 0.6) is 11.5 Å². The zero-order valence-electron chi connectivity index (χ0n) is 16.3. The summed E-state index contributed by atoms with van der Waals surface area (Å²) < 4.78 is 43.1. The van der Waals surface area contributed by atoms with E-state index in [0.717, 1.165) is 25.7 Å². The maximum Gasteiger partial charge on any atom is 0.321 e. The lowest BCUT2D eigenvalue weighted by molar-refractivity contribution is -0.153. The van der Waals surface area contributed by atoms with E-state index in [1.54, 1.807) is 0 Å². The second-order valence-electron chi connectivity index (χ2n) is 7.11. The number of benzene rings is 1. The first kappa shape index (κ1) is 21.4. The predicted octanol–water partition coefficient (Wildman–Crippen LogP) is 1.12. The van der Waals surface area contributed by atoms with Crippen LogP contribution in [0.2, 0.25) is 0 Å². The van der Waals surface area contributed by atoms with E-state index >= 15 is 0 Å². The average molecular weight is 426 g/mol. The topological polar surface area (TPSA) is 120 Å². The minimum absolute atomic E-state index is 0.0541. The highest BCUT2D eigenvalue weighted by Gasteiger charge is 2.24. The number of rotatable bonds is 7. The zero-order valence-corrected chi connectivity index (χ0v) is 17.1. The third-order valence-corrected chi connectivity index (χ3v) is 6.21. The summed E-state index contributed by atoms with van der Waals surface area (Å²) in [5.74, 6) is -0.402. The summed E-state index contributed by atoms with van der Waals surface area (Å²) in [5, 5.41) is 2.84. The van der Waals surface area contributed by atoms with Crippen LogP contribution in [-0.4, -0.2) is 52.2 Å². The first-order valence-electron chi connectivity index (χ1n) is 9.74. The molecular weight excluding hydrogens is 400 g/mol. The molecule has 160 valence electrons. The van der Waals surface area contributed by atoms with Gasteiger partial charge in [-0.3, -0.25) is 9.59 Å². The molecule has 1 aromatic carbocycles. The largest absolute Gasteiger partial charge is 0.490 e. The first-order chi connectivity index (χ1) is 13.8. The molecule has 0 radical (unpaired) electrons. The quantitative estimate of drug-likeness (QED) is 0.627. The third kappa shape index (κ3) is 5.83. The van der Waals surface area contributed by atoms with Crippen LogP contribution in [0.4, 0.5) is 0 Å². The second-order valence-corrected chi connectivity index (χ2v) is 8.87. The van der Waals surface area contributed by atoms with Crippen LogP contribution in [0, 0.1) is 0 Å². The molecule has 0 saturated heterocycles. The van der Waals surface area contributed by atoms with Gasteiger partial charge in [0.2, 0.25) is 10.0 Å². The maximum atomic E-state index is 12.5. The normalized spacial score (nSPS) is 18.0. The Morgan fingerprint density at radius 1 is 1.14 bits per heavy atom. The van der Waals surface area contributed by atoms with Crippen molar-refractivity contribution in [1.29, 1.82) is 0 Å². The Balaban J connectivity index is 1.52. The van der Waals surface area contributed by atoms with E-state index < -0.39 is 28.6 Å². The van der Waals surface area contributed by atoms with Gasteiger partial charge in [-0.15, -0.1) is 0 Å². The Labute approximate surface area is 170 Å². The van der Waals surface area contributed by atoms with Crippen LogP contribution in [0.25, 0.3) is 0 Å². The van der Waals surface area contributed by atoms with Crippen molar-refractivity contribution in [3.05, 3.63) is 18.2 Å². The number of hydrogen-bond acceptors (Lipinski definition) is 7. The highest BCUT2D eigenvalue weighted by Crippen LogP contribution is 2.31. The fourth-order valence-electron chi connectivity index (χ4n) is 3.23. The zero-order chi connectivity index (χ0) is 20.9. The molecule has 1 amide bonds. The SMILES string of the molecule is C[C@@H](OC(=O)CNS(=O)(=O)c1ccc2c(c1)OCCCO2)C(=O)NC1CCCC1. The van der Waals surface area contributed by atoms with Gasteiger partial charge in [0.15, 0.2) is 17.6 Å². The minimum Gasteiger partial charge on any atom is -0.490 e. The van der Waals surface area contributed by atoms with Crippen LogP contribution in [0.15, 0.2) is 23.1 Å². The van der Waals surface area contributed by atoms with Crippen LogP contribution in [0.1, 0.15) is 39.0 Å². The fraction of sp³-hybridized carbons (Fsp3) is 0.579. The van der Waals surface area contributed by atoms with E-state index in [1.165, 1.54) is 25.1 Å². The second kappa shape index (κ2) is 9.45. The summed E-state index contributed by atoms with van der Waals surface area (Å²) in [6.45, 7) is 1.80. The van der Waals surface area contributed by atoms with Crippen molar-refractivity contribution >= 4 is 21.9 Å². The molecule has 1 heterocycles. The van der Waals surface area contributed by atoms with Crippen molar-refractivity contribution in [2.75, 3.05) is 19.8 Å². The molecule has 0 unspecified atom stereocenters. The number of carbonyl (C=O) groups is 2. The molecular formula is C19H26N2O7S. The summed E-state index contributed by atoms with van der Waals surface area (Å²) in [4.78, 5) is 24.0. The van der Waals surface area contributed by atoms with Gasteiger partial charge in [-0.2, -0.15) is 4.72 Å². The molecule has 0 spiro atoms. The summed E-state index contributed by atoms with van der Waals surface area (Å²) in [6.07, 6.45) is 3.68. The van der Waals surface area contributed by atoms with Gasteiger partial charge < -0.3 is 19.5 Å². The lowest BCUT2D eigenvalue weighted by atomic mass is 10.2. The van der Waals surface area contributed by atoms with Gasteiger partial charge in [-0.25, -0.2) is 8.42 Å².